The number of nitrogens with two attached hydrogens (primary N) is 4. The van der Waals surface area contributed by atoms with Gasteiger partial charge in [0.1, 0.15) is 0 Å². The Bertz CT molecular complexity index is 1590. The van der Waals surface area contributed by atoms with Crippen molar-refractivity contribution in [1.82, 2.24) is 21.3 Å². The molecule has 4 atom stereocenters. The summed E-state index contributed by atoms with van der Waals surface area (Å²) < 4.78 is 0. The Labute approximate surface area is 490 Å². The van der Waals surface area contributed by atoms with Crippen molar-refractivity contribution in [3.05, 3.63) is 0 Å². The zero-order chi connectivity index (χ0) is 54.3. The Morgan fingerprint density at radius 3 is 0.472 bits per heavy atom. The first-order valence-corrected chi connectivity index (χ1v) is 17.8. The van der Waals surface area contributed by atoms with Crippen molar-refractivity contribution in [3.8, 4) is 0 Å². The number of primary amides is 4. The normalized spacial score (nSPS) is 11.4. The largest absolute Gasteiger partial charge is 1.00 e. The van der Waals surface area contributed by atoms with E-state index in [-0.39, 0.29) is 170 Å². The molecular weight excluding hydrogens is 1040 g/mol. The van der Waals surface area contributed by atoms with Crippen LogP contribution in [0.3, 0.4) is 0 Å². The van der Waals surface area contributed by atoms with Crippen molar-refractivity contribution < 1.29 is 256 Å². The SMILES string of the molecule is NC(=O)CC[C@H](NC(C(=O)O)C(=O)O)C(=O)[O-].NC(=O)CC[C@H](NC(C(=O)O)C(=O)O)C(=O)[O-].NC(=O)CC[C@H](NC(C(=O)O)C(=O)O)C(=O)[O-].NC(=O)CC[C@H](NC(C(=O)O)C(=O)O)C(=O)[O-].[Na+].[Na+].[Na+].[Na+]. The number of carbonyl (C=O) groups excluding carboxylic acids is 8. The maximum absolute atomic E-state index is 10.6. The summed E-state index contributed by atoms with van der Waals surface area (Å²) in [6.07, 6.45) is -2.75. The Hall–Kier alpha value is -4.64. The van der Waals surface area contributed by atoms with E-state index in [1.807, 2.05) is 21.3 Å². The average molecular weight is 1080 g/mol. The minimum absolute atomic E-state index is 0. The van der Waals surface area contributed by atoms with E-state index in [1.54, 1.807) is 0 Å². The monoisotopic (exact) mass is 1080 g/mol. The number of hydrogen-bond donors (Lipinski definition) is 16. The first-order valence-electron chi connectivity index (χ1n) is 17.8. The number of amides is 4. The number of nitrogens with one attached hydrogen (secondary N) is 4. The quantitative estimate of drug-likeness (QED) is 0.0220. The van der Waals surface area contributed by atoms with Crippen LogP contribution >= 0.6 is 0 Å². The van der Waals surface area contributed by atoms with Crippen molar-refractivity contribution in [3.63, 3.8) is 0 Å². The van der Waals surface area contributed by atoms with Gasteiger partial charge >= 0.3 is 166 Å². The minimum Gasteiger partial charge on any atom is -0.548 e. The molecule has 72 heavy (non-hydrogen) atoms. The van der Waals surface area contributed by atoms with Gasteiger partial charge in [-0.2, -0.15) is 0 Å². The Balaban J connectivity index is -0.000000124. The summed E-state index contributed by atoms with van der Waals surface area (Å²) in [5.41, 5.74) is 19.1. The number of rotatable bonds is 32. The second-order valence-corrected chi connectivity index (χ2v) is 12.6. The van der Waals surface area contributed by atoms with Gasteiger partial charge in [0.05, 0.1) is 23.9 Å². The molecule has 0 aromatic heterocycles. The summed E-state index contributed by atoms with van der Waals surface area (Å²) in [6, 6.07) is -14.7. The van der Waals surface area contributed by atoms with Gasteiger partial charge in [0, 0.05) is 49.9 Å². The molecule has 0 saturated carbocycles. The van der Waals surface area contributed by atoms with Crippen LogP contribution in [0.15, 0.2) is 0 Å². The summed E-state index contributed by atoms with van der Waals surface area (Å²) in [6.45, 7) is 0. The summed E-state index contributed by atoms with van der Waals surface area (Å²) in [5.74, 6) is -24.0. The van der Waals surface area contributed by atoms with E-state index in [0.717, 1.165) is 0 Å². The molecule has 0 aliphatic carbocycles. The van der Waals surface area contributed by atoms with Crippen molar-refractivity contribution >= 4 is 95.3 Å². The third-order valence-corrected chi connectivity index (χ3v) is 7.30. The second-order valence-electron chi connectivity index (χ2n) is 12.6. The Morgan fingerprint density at radius 2 is 0.403 bits per heavy atom. The van der Waals surface area contributed by atoms with Gasteiger partial charge in [0.25, 0.3) is 0 Å². The number of carboxylic acid groups (broad SMARTS) is 12. The van der Waals surface area contributed by atoms with Gasteiger partial charge in [-0.05, 0) is 25.7 Å². The van der Waals surface area contributed by atoms with E-state index in [9.17, 15) is 97.1 Å². The van der Waals surface area contributed by atoms with Crippen LogP contribution in [0.4, 0.5) is 0 Å². The van der Waals surface area contributed by atoms with Crippen LogP contribution in [-0.4, -0.2) is 184 Å². The molecule has 0 heterocycles. The number of carbonyl (C=O) groups is 16. The van der Waals surface area contributed by atoms with E-state index in [2.05, 4.69) is 0 Å². The van der Waals surface area contributed by atoms with E-state index >= 15 is 0 Å². The summed E-state index contributed by atoms with van der Waals surface area (Å²) >= 11 is 0. The molecule has 0 unspecified atom stereocenters. The molecule has 384 valence electrons. The van der Waals surface area contributed by atoms with Gasteiger partial charge in [-0.3, -0.25) is 40.4 Å². The molecule has 0 aromatic carbocycles. The van der Waals surface area contributed by atoms with Gasteiger partial charge < -0.3 is 103 Å². The van der Waals surface area contributed by atoms with Crippen LogP contribution in [0.1, 0.15) is 51.4 Å². The van der Waals surface area contributed by atoms with Crippen LogP contribution in [0.25, 0.3) is 0 Å². The van der Waals surface area contributed by atoms with Gasteiger partial charge in [0.15, 0.2) is 0 Å². The van der Waals surface area contributed by atoms with Crippen LogP contribution in [0, 0.1) is 0 Å². The van der Waals surface area contributed by atoms with Crippen molar-refractivity contribution in [1.29, 1.82) is 0 Å². The molecule has 40 heteroatoms. The van der Waals surface area contributed by atoms with Gasteiger partial charge in [-0.25, -0.2) is 38.4 Å². The van der Waals surface area contributed by atoms with Gasteiger partial charge in [-0.1, -0.05) is 0 Å². The maximum atomic E-state index is 10.6. The zero-order valence-electron chi connectivity index (χ0n) is 38.3. The molecule has 0 spiro atoms. The van der Waals surface area contributed by atoms with Crippen molar-refractivity contribution in [2.75, 3.05) is 0 Å². The van der Waals surface area contributed by atoms with E-state index < -0.39 is 144 Å². The van der Waals surface area contributed by atoms with E-state index in [4.69, 9.17) is 63.8 Å². The van der Waals surface area contributed by atoms with Crippen LogP contribution in [0.2, 0.25) is 0 Å². The average Bonchev–Trinajstić information content (AvgIpc) is 3.16. The van der Waals surface area contributed by atoms with Gasteiger partial charge in [0.2, 0.25) is 47.8 Å². The molecule has 0 aliphatic rings. The molecule has 20 N–H and O–H groups in total. The smallest absolute Gasteiger partial charge is 0.548 e. The predicted molar refractivity (Wildman–Crippen MR) is 198 cm³/mol. The predicted octanol–water partition coefficient (Wildman–Crippen LogP) is -26.0. The molecule has 0 rings (SSSR count). The number of aliphatic carboxylic acids is 12. The topological polar surface area (TPSA) is 679 Å². The molecule has 0 aliphatic heterocycles. The fourth-order valence-electron chi connectivity index (χ4n) is 4.02. The third-order valence-electron chi connectivity index (χ3n) is 7.30. The number of hydrogen-bond acceptors (Lipinski definition) is 24. The molecule has 0 fully saturated rings. The first-order chi connectivity index (χ1) is 31.0. The maximum Gasteiger partial charge on any atom is 1.00 e. The third kappa shape index (κ3) is 43.0. The van der Waals surface area contributed by atoms with E-state index in [1.165, 1.54) is 0 Å². The zero-order valence-corrected chi connectivity index (χ0v) is 46.3. The Kier molecular flexibility index (Phi) is 52.6. The molecular formula is C32H44N8Na4O28. The number of carboxylic acids is 12. The molecule has 36 nitrogen and oxygen atoms in total. The summed E-state index contributed by atoms with van der Waals surface area (Å²) in [4.78, 5) is 168. The fraction of sp³-hybridized carbons (Fsp3) is 0.500. The summed E-state index contributed by atoms with van der Waals surface area (Å²) in [5, 5.41) is 118. The molecule has 4 amide bonds. The standard InChI is InChI=1S/4C8H12N2O7.4Na/c4*9-4(11)2-1-3(6(12)13)10-5(7(14)15)8(16)17;;;;/h4*3,5,10H,1-2H2,(H2,9,11)(H,12,13)(H,14,15)(H,16,17);;;;/q;;;;4*+1/p-4/t4*3-;;;;/m0000..../s1. The van der Waals surface area contributed by atoms with Crippen molar-refractivity contribution in [2.45, 2.75) is 99.7 Å². The molecule has 0 aromatic rings. The molecule has 0 radical (unpaired) electrons. The minimum atomic E-state index is -2.09. The summed E-state index contributed by atoms with van der Waals surface area (Å²) in [7, 11) is 0. The molecule has 0 bridgehead atoms. The molecule has 0 saturated heterocycles. The van der Waals surface area contributed by atoms with Gasteiger partial charge in [-0.15, -0.1) is 0 Å². The Morgan fingerprint density at radius 1 is 0.292 bits per heavy atom. The van der Waals surface area contributed by atoms with Crippen LogP contribution < -0.4 is 183 Å². The second kappa shape index (κ2) is 45.0. The first kappa shape index (κ1) is 84.2. The fourth-order valence-corrected chi connectivity index (χ4v) is 4.02. The van der Waals surface area contributed by atoms with Crippen molar-refractivity contribution in [2.24, 2.45) is 22.9 Å². The van der Waals surface area contributed by atoms with E-state index in [0.29, 0.717) is 0 Å². The van der Waals surface area contributed by atoms with Crippen LogP contribution in [0.5, 0.6) is 0 Å². The van der Waals surface area contributed by atoms with Crippen LogP contribution in [-0.2, 0) is 76.7 Å².